The summed E-state index contributed by atoms with van der Waals surface area (Å²) >= 11 is 1.61. The minimum atomic E-state index is -0.0909. The normalized spacial score (nSPS) is 10.8. The van der Waals surface area contributed by atoms with E-state index in [9.17, 15) is 4.79 Å². The molecule has 0 bridgehead atoms. The molecule has 0 spiro atoms. The van der Waals surface area contributed by atoms with Gasteiger partial charge in [-0.1, -0.05) is 25.1 Å². The van der Waals surface area contributed by atoms with E-state index in [0.717, 1.165) is 28.4 Å². The van der Waals surface area contributed by atoms with E-state index in [1.807, 2.05) is 43.5 Å². The number of nitrogens with zero attached hydrogens (tertiary/aromatic N) is 1. The van der Waals surface area contributed by atoms with Gasteiger partial charge in [0.05, 0.1) is 10.7 Å². The zero-order valence-corrected chi connectivity index (χ0v) is 13.7. The third kappa shape index (κ3) is 5.00. The van der Waals surface area contributed by atoms with Crippen molar-refractivity contribution in [2.75, 3.05) is 6.54 Å². The summed E-state index contributed by atoms with van der Waals surface area (Å²) in [6.45, 7) is 5.11. The van der Waals surface area contributed by atoms with Crippen molar-refractivity contribution in [1.29, 1.82) is 0 Å². The van der Waals surface area contributed by atoms with Gasteiger partial charge in [-0.3, -0.25) is 4.79 Å². The van der Waals surface area contributed by atoms with Crippen LogP contribution >= 0.6 is 11.3 Å². The van der Waals surface area contributed by atoms with Crippen molar-refractivity contribution in [2.24, 2.45) is 0 Å². The lowest BCUT2D eigenvalue weighted by atomic mass is 10.2. The molecule has 0 aliphatic heterocycles. The maximum atomic E-state index is 11.6. The monoisotopic (exact) mass is 316 g/mol. The van der Waals surface area contributed by atoms with Gasteiger partial charge in [-0.15, -0.1) is 11.3 Å². The fourth-order valence-corrected chi connectivity index (χ4v) is 2.45. The lowest BCUT2D eigenvalue weighted by Gasteiger charge is -2.07. The first-order chi connectivity index (χ1) is 10.7. The molecular weight excluding hydrogens is 296 g/mol. The highest BCUT2D eigenvalue weighted by atomic mass is 32.1. The van der Waals surface area contributed by atoms with Gasteiger partial charge in [0.1, 0.15) is 12.4 Å². The summed E-state index contributed by atoms with van der Waals surface area (Å²) in [6, 6.07) is 7.65. The molecule has 0 aliphatic carbocycles. The molecule has 1 amide bonds. The Hall–Kier alpha value is -2.14. The molecule has 0 atom stereocenters. The second-order valence-electron chi connectivity index (χ2n) is 4.81. The van der Waals surface area contributed by atoms with Gasteiger partial charge < -0.3 is 10.1 Å². The molecule has 2 rings (SSSR count). The number of carbonyl (C=O) groups is 1. The van der Waals surface area contributed by atoms with E-state index in [2.05, 4.69) is 10.3 Å². The summed E-state index contributed by atoms with van der Waals surface area (Å²) in [4.78, 5) is 16.0. The average molecular weight is 316 g/mol. The van der Waals surface area contributed by atoms with Gasteiger partial charge in [0.25, 0.3) is 0 Å². The fourth-order valence-electron chi connectivity index (χ4n) is 1.85. The molecule has 0 saturated heterocycles. The number of ether oxygens (including phenoxy) is 1. The minimum absolute atomic E-state index is 0.0909. The lowest BCUT2D eigenvalue weighted by Crippen LogP contribution is -2.21. The maximum Gasteiger partial charge on any atom is 0.244 e. The van der Waals surface area contributed by atoms with Crippen LogP contribution in [-0.4, -0.2) is 17.4 Å². The average Bonchev–Trinajstić information content (AvgIpc) is 2.95. The molecule has 2 aromatic rings. The van der Waals surface area contributed by atoms with E-state index in [0.29, 0.717) is 13.2 Å². The number of nitrogens with one attached hydrogen (secondary N) is 1. The Morgan fingerprint density at radius 3 is 2.95 bits per heavy atom. The van der Waals surface area contributed by atoms with Crippen LogP contribution in [-0.2, 0) is 11.4 Å². The molecule has 1 aromatic heterocycles. The quantitative estimate of drug-likeness (QED) is 0.795. The SMILES string of the molecule is CCCNC(=O)/C=C/c1ccccc1OCc1csc(C)n1. The number of carbonyl (C=O) groups excluding carboxylic acids is 1. The van der Waals surface area contributed by atoms with E-state index in [1.165, 1.54) is 6.08 Å². The Morgan fingerprint density at radius 2 is 2.23 bits per heavy atom. The van der Waals surface area contributed by atoms with Crippen molar-refractivity contribution in [2.45, 2.75) is 26.9 Å². The summed E-state index contributed by atoms with van der Waals surface area (Å²) in [5.41, 5.74) is 1.79. The Labute approximate surface area is 134 Å². The van der Waals surface area contributed by atoms with Crippen LogP contribution in [0.2, 0.25) is 0 Å². The Morgan fingerprint density at radius 1 is 1.41 bits per heavy atom. The van der Waals surface area contributed by atoms with Gasteiger partial charge >= 0.3 is 0 Å². The molecule has 1 aromatic carbocycles. The van der Waals surface area contributed by atoms with Crippen LogP contribution in [0.4, 0.5) is 0 Å². The first-order valence-corrected chi connectivity index (χ1v) is 8.15. The Kier molecular flexibility index (Phi) is 6.15. The molecule has 116 valence electrons. The predicted molar refractivity (Wildman–Crippen MR) is 90.0 cm³/mol. The highest BCUT2D eigenvalue weighted by Gasteiger charge is 2.03. The zero-order chi connectivity index (χ0) is 15.8. The molecule has 0 unspecified atom stereocenters. The van der Waals surface area contributed by atoms with Gasteiger partial charge in [-0.05, 0) is 25.5 Å². The van der Waals surface area contributed by atoms with Gasteiger partial charge in [-0.2, -0.15) is 0 Å². The summed E-state index contributed by atoms with van der Waals surface area (Å²) in [6.07, 6.45) is 4.23. The Balaban J connectivity index is 2.00. The minimum Gasteiger partial charge on any atom is -0.487 e. The second-order valence-corrected chi connectivity index (χ2v) is 5.87. The molecule has 1 N–H and O–H groups in total. The number of benzene rings is 1. The van der Waals surface area contributed by atoms with Crippen LogP contribution in [0.3, 0.4) is 0 Å². The van der Waals surface area contributed by atoms with Crippen LogP contribution in [0, 0.1) is 6.92 Å². The molecule has 0 radical (unpaired) electrons. The first kappa shape index (κ1) is 16.2. The molecule has 0 aliphatic rings. The number of hydrogen-bond donors (Lipinski definition) is 1. The number of thiazole rings is 1. The van der Waals surface area contributed by atoms with E-state index in [-0.39, 0.29) is 5.91 Å². The van der Waals surface area contributed by atoms with Crippen molar-refractivity contribution in [1.82, 2.24) is 10.3 Å². The van der Waals surface area contributed by atoms with Crippen molar-refractivity contribution >= 4 is 23.3 Å². The molecule has 22 heavy (non-hydrogen) atoms. The number of rotatable bonds is 7. The van der Waals surface area contributed by atoms with Crippen LogP contribution in [0.1, 0.15) is 29.6 Å². The number of para-hydroxylation sites is 1. The molecule has 5 heteroatoms. The van der Waals surface area contributed by atoms with Gasteiger partial charge in [0.2, 0.25) is 5.91 Å². The topological polar surface area (TPSA) is 51.2 Å². The highest BCUT2D eigenvalue weighted by molar-refractivity contribution is 7.09. The van der Waals surface area contributed by atoms with E-state index < -0.39 is 0 Å². The third-order valence-electron chi connectivity index (χ3n) is 2.92. The van der Waals surface area contributed by atoms with E-state index >= 15 is 0 Å². The third-order valence-corrected chi connectivity index (χ3v) is 3.75. The summed E-state index contributed by atoms with van der Waals surface area (Å²) < 4.78 is 5.81. The van der Waals surface area contributed by atoms with Gasteiger partial charge in [-0.25, -0.2) is 4.98 Å². The maximum absolute atomic E-state index is 11.6. The van der Waals surface area contributed by atoms with Gasteiger partial charge in [0.15, 0.2) is 0 Å². The smallest absolute Gasteiger partial charge is 0.244 e. The summed E-state index contributed by atoms with van der Waals surface area (Å²) in [5.74, 6) is 0.652. The van der Waals surface area contributed by atoms with E-state index in [4.69, 9.17) is 4.74 Å². The molecule has 4 nitrogen and oxygen atoms in total. The number of amides is 1. The number of aromatic nitrogens is 1. The molecule has 0 saturated carbocycles. The first-order valence-electron chi connectivity index (χ1n) is 7.27. The fraction of sp³-hybridized carbons (Fsp3) is 0.294. The number of aryl methyl sites for hydroxylation is 1. The Bertz CT molecular complexity index is 650. The molecular formula is C17H20N2O2S. The summed E-state index contributed by atoms with van der Waals surface area (Å²) in [7, 11) is 0. The van der Waals surface area contributed by atoms with E-state index in [1.54, 1.807) is 17.4 Å². The zero-order valence-electron chi connectivity index (χ0n) is 12.8. The van der Waals surface area contributed by atoms with Crippen molar-refractivity contribution < 1.29 is 9.53 Å². The predicted octanol–water partition coefficient (Wildman–Crippen LogP) is 3.57. The van der Waals surface area contributed by atoms with Crippen molar-refractivity contribution in [3.8, 4) is 5.75 Å². The van der Waals surface area contributed by atoms with Crippen LogP contribution in [0.25, 0.3) is 6.08 Å². The summed E-state index contributed by atoms with van der Waals surface area (Å²) in [5, 5.41) is 5.83. The van der Waals surface area contributed by atoms with Crippen LogP contribution in [0.15, 0.2) is 35.7 Å². The van der Waals surface area contributed by atoms with Gasteiger partial charge in [0, 0.05) is 23.6 Å². The van der Waals surface area contributed by atoms with Crippen LogP contribution < -0.4 is 10.1 Å². The second kappa shape index (κ2) is 8.34. The molecule has 0 fully saturated rings. The molecule has 1 heterocycles. The lowest BCUT2D eigenvalue weighted by molar-refractivity contribution is -0.116. The largest absolute Gasteiger partial charge is 0.487 e. The standard InChI is InChI=1S/C17H20N2O2S/c1-3-10-18-17(20)9-8-14-6-4-5-7-16(14)21-11-15-12-22-13(2)19-15/h4-9,12H,3,10-11H2,1-2H3,(H,18,20)/b9-8+. The van der Waals surface area contributed by atoms with Crippen molar-refractivity contribution in [3.05, 3.63) is 52.0 Å². The van der Waals surface area contributed by atoms with Crippen LogP contribution in [0.5, 0.6) is 5.75 Å². The van der Waals surface area contributed by atoms with Crippen molar-refractivity contribution in [3.63, 3.8) is 0 Å². The number of hydrogen-bond acceptors (Lipinski definition) is 4. The highest BCUT2D eigenvalue weighted by Crippen LogP contribution is 2.21.